The third-order valence-corrected chi connectivity index (χ3v) is 6.73. The number of piperidine rings is 1. The van der Waals surface area contributed by atoms with Gasteiger partial charge < -0.3 is 15.1 Å². The molecule has 1 fully saturated rings. The van der Waals surface area contributed by atoms with Gasteiger partial charge in [-0.25, -0.2) is 0 Å². The SMILES string of the molecule is O=C(Nc1ccc(N2CCc3ccccc32)cc1)C1CCN(C(=O)C=Cc2ccccc2)CC1. The summed E-state index contributed by atoms with van der Waals surface area (Å²) in [6.07, 6.45) is 5.87. The molecule has 0 bridgehead atoms. The molecule has 0 spiro atoms. The predicted octanol–water partition coefficient (Wildman–Crippen LogP) is 5.27. The lowest BCUT2D eigenvalue weighted by Crippen LogP contribution is -2.40. The number of hydrogen-bond acceptors (Lipinski definition) is 3. The largest absolute Gasteiger partial charge is 0.341 e. The summed E-state index contributed by atoms with van der Waals surface area (Å²) in [5.74, 6) is -0.0414. The van der Waals surface area contributed by atoms with Crippen molar-refractivity contribution >= 4 is 35.0 Å². The molecule has 0 unspecified atom stereocenters. The summed E-state index contributed by atoms with van der Waals surface area (Å²) in [6, 6.07) is 26.4. The summed E-state index contributed by atoms with van der Waals surface area (Å²) in [5.41, 5.74) is 5.59. The molecule has 2 aliphatic heterocycles. The minimum absolute atomic E-state index is 0.00165. The fourth-order valence-corrected chi connectivity index (χ4v) is 4.77. The standard InChI is InChI=1S/C29H29N3O2/c33-28(15-10-22-6-2-1-3-7-22)31-19-16-24(17-20-31)29(34)30-25-11-13-26(14-12-25)32-21-18-23-8-4-5-9-27(23)32/h1-15,24H,16-21H2,(H,30,34). The topological polar surface area (TPSA) is 52.7 Å². The van der Waals surface area contributed by atoms with Gasteiger partial charge in [-0.1, -0.05) is 48.5 Å². The first-order valence-corrected chi connectivity index (χ1v) is 12.0. The van der Waals surface area contributed by atoms with E-state index in [2.05, 4.69) is 46.6 Å². The van der Waals surface area contributed by atoms with Gasteiger partial charge in [0.25, 0.3) is 0 Å². The third-order valence-electron chi connectivity index (χ3n) is 6.73. The molecule has 0 saturated carbocycles. The maximum Gasteiger partial charge on any atom is 0.246 e. The minimum atomic E-state index is -0.0766. The zero-order valence-corrected chi connectivity index (χ0v) is 19.2. The van der Waals surface area contributed by atoms with Gasteiger partial charge in [0.15, 0.2) is 0 Å². The minimum Gasteiger partial charge on any atom is -0.341 e. The van der Waals surface area contributed by atoms with E-state index in [0.29, 0.717) is 25.9 Å². The van der Waals surface area contributed by atoms with Gasteiger partial charge in [-0.15, -0.1) is 0 Å². The lowest BCUT2D eigenvalue weighted by molar-refractivity contribution is -0.130. The van der Waals surface area contributed by atoms with Crippen LogP contribution in [0.15, 0.2) is 84.9 Å². The zero-order valence-electron chi connectivity index (χ0n) is 19.2. The molecule has 3 aromatic rings. The van der Waals surface area contributed by atoms with Crippen molar-refractivity contribution in [3.63, 3.8) is 0 Å². The monoisotopic (exact) mass is 451 g/mol. The normalized spacial score (nSPS) is 16.0. The second-order valence-electron chi connectivity index (χ2n) is 8.91. The Morgan fingerprint density at radius 1 is 0.824 bits per heavy atom. The maximum absolute atomic E-state index is 12.8. The van der Waals surface area contributed by atoms with Crippen molar-refractivity contribution in [3.8, 4) is 0 Å². The van der Waals surface area contributed by atoms with Gasteiger partial charge >= 0.3 is 0 Å². The van der Waals surface area contributed by atoms with Crippen LogP contribution in [0.5, 0.6) is 0 Å². The molecule has 5 nitrogen and oxygen atoms in total. The van der Waals surface area contributed by atoms with Crippen LogP contribution in [0.25, 0.3) is 6.08 Å². The van der Waals surface area contributed by atoms with E-state index in [1.165, 1.54) is 11.3 Å². The molecule has 1 N–H and O–H groups in total. The Kier molecular flexibility index (Phi) is 6.43. The van der Waals surface area contributed by atoms with E-state index in [4.69, 9.17) is 0 Å². The molecule has 2 amide bonds. The van der Waals surface area contributed by atoms with Crippen LogP contribution in [-0.4, -0.2) is 36.3 Å². The molecule has 2 heterocycles. The van der Waals surface area contributed by atoms with Crippen molar-refractivity contribution in [1.29, 1.82) is 0 Å². The van der Waals surface area contributed by atoms with Gasteiger partial charge in [-0.3, -0.25) is 9.59 Å². The van der Waals surface area contributed by atoms with Crippen molar-refractivity contribution in [2.75, 3.05) is 29.9 Å². The Balaban J connectivity index is 1.12. The predicted molar refractivity (Wildman–Crippen MR) is 137 cm³/mol. The van der Waals surface area contributed by atoms with Gasteiger partial charge in [-0.05, 0) is 66.8 Å². The number of amides is 2. The van der Waals surface area contributed by atoms with E-state index in [9.17, 15) is 9.59 Å². The summed E-state index contributed by atoms with van der Waals surface area (Å²) in [7, 11) is 0. The first-order valence-electron chi connectivity index (χ1n) is 12.0. The average Bonchev–Trinajstić information content (AvgIpc) is 3.33. The number of carbonyl (C=O) groups excluding carboxylic acids is 2. The van der Waals surface area contributed by atoms with Crippen LogP contribution in [-0.2, 0) is 16.0 Å². The van der Waals surface area contributed by atoms with Crippen LogP contribution in [0.3, 0.4) is 0 Å². The van der Waals surface area contributed by atoms with Gasteiger partial charge in [0.2, 0.25) is 11.8 Å². The second kappa shape index (κ2) is 9.96. The number of anilines is 3. The molecular weight excluding hydrogens is 422 g/mol. The Bertz CT molecular complexity index is 1180. The molecular formula is C29H29N3O2. The first-order chi connectivity index (χ1) is 16.7. The number of fused-ring (bicyclic) bond motifs is 1. The van der Waals surface area contributed by atoms with E-state index in [0.717, 1.165) is 29.9 Å². The lowest BCUT2D eigenvalue weighted by Gasteiger charge is -2.30. The number of nitrogens with zero attached hydrogens (tertiary/aromatic N) is 2. The van der Waals surface area contributed by atoms with Gasteiger partial charge in [-0.2, -0.15) is 0 Å². The second-order valence-corrected chi connectivity index (χ2v) is 8.91. The van der Waals surface area contributed by atoms with Crippen LogP contribution < -0.4 is 10.2 Å². The van der Waals surface area contributed by atoms with Gasteiger partial charge in [0.1, 0.15) is 0 Å². The van der Waals surface area contributed by atoms with Crippen molar-refractivity contribution in [2.45, 2.75) is 19.3 Å². The fourth-order valence-electron chi connectivity index (χ4n) is 4.77. The molecule has 5 rings (SSSR count). The van der Waals surface area contributed by atoms with E-state index in [1.54, 1.807) is 6.08 Å². The van der Waals surface area contributed by atoms with E-state index in [1.807, 2.05) is 53.4 Å². The van der Waals surface area contributed by atoms with Gasteiger partial charge in [0.05, 0.1) is 0 Å². The van der Waals surface area contributed by atoms with E-state index >= 15 is 0 Å². The number of para-hydroxylation sites is 1. The van der Waals surface area contributed by atoms with Crippen LogP contribution in [0, 0.1) is 5.92 Å². The Morgan fingerprint density at radius 3 is 2.29 bits per heavy atom. The molecule has 0 radical (unpaired) electrons. The van der Waals surface area contributed by atoms with Crippen LogP contribution >= 0.6 is 0 Å². The highest BCUT2D eigenvalue weighted by Crippen LogP contribution is 2.34. The number of likely N-dealkylation sites (tertiary alicyclic amines) is 1. The molecule has 0 atom stereocenters. The molecule has 3 aromatic carbocycles. The summed E-state index contributed by atoms with van der Waals surface area (Å²) in [4.78, 5) is 29.5. The molecule has 0 aromatic heterocycles. The maximum atomic E-state index is 12.8. The quantitative estimate of drug-likeness (QED) is 0.538. The van der Waals surface area contributed by atoms with Crippen LogP contribution in [0.4, 0.5) is 17.1 Å². The van der Waals surface area contributed by atoms with Crippen LogP contribution in [0.2, 0.25) is 0 Å². The van der Waals surface area contributed by atoms with Crippen molar-refractivity contribution in [1.82, 2.24) is 4.90 Å². The third kappa shape index (κ3) is 4.88. The highest BCUT2D eigenvalue weighted by atomic mass is 16.2. The first kappa shape index (κ1) is 22.0. The highest BCUT2D eigenvalue weighted by molar-refractivity contribution is 5.94. The number of hydrogen-bond donors (Lipinski definition) is 1. The fraction of sp³-hybridized carbons (Fsp3) is 0.241. The molecule has 172 valence electrons. The van der Waals surface area contributed by atoms with Gasteiger partial charge in [0, 0.05) is 48.7 Å². The van der Waals surface area contributed by atoms with E-state index < -0.39 is 0 Å². The molecule has 34 heavy (non-hydrogen) atoms. The van der Waals surface area contributed by atoms with E-state index in [-0.39, 0.29) is 17.7 Å². The summed E-state index contributed by atoms with van der Waals surface area (Å²) in [6.45, 7) is 2.18. The summed E-state index contributed by atoms with van der Waals surface area (Å²) >= 11 is 0. The van der Waals surface area contributed by atoms with Crippen LogP contribution in [0.1, 0.15) is 24.0 Å². The number of carbonyl (C=O) groups is 2. The van der Waals surface area contributed by atoms with Crippen molar-refractivity contribution in [3.05, 3.63) is 96.1 Å². The Hall–Kier alpha value is -3.86. The Morgan fingerprint density at radius 2 is 1.53 bits per heavy atom. The lowest BCUT2D eigenvalue weighted by atomic mass is 9.95. The number of benzene rings is 3. The van der Waals surface area contributed by atoms with Crippen molar-refractivity contribution < 1.29 is 9.59 Å². The zero-order chi connectivity index (χ0) is 23.3. The highest BCUT2D eigenvalue weighted by Gasteiger charge is 2.27. The smallest absolute Gasteiger partial charge is 0.246 e. The summed E-state index contributed by atoms with van der Waals surface area (Å²) in [5, 5.41) is 3.06. The summed E-state index contributed by atoms with van der Waals surface area (Å²) < 4.78 is 0. The average molecular weight is 452 g/mol. The molecule has 2 aliphatic rings. The van der Waals surface area contributed by atoms with Crippen molar-refractivity contribution in [2.24, 2.45) is 5.92 Å². The number of rotatable bonds is 5. The molecule has 0 aliphatic carbocycles. The Labute approximate surface area is 200 Å². The molecule has 5 heteroatoms. The molecule has 1 saturated heterocycles. The number of nitrogens with one attached hydrogen (secondary N) is 1.